The summed E-state index contributed by atoms with van der Waals surface area (Å²) in [4.78, 5) is 23.9. The van der Waals surface area contributed by atoms with E-state index in [1.54, 1.807) is 24.3 Å². The van der Waals surface area contributed by atoms with Crippen molar-refractivity contribution in [1.82, 2.24) is 0 Å². The van der Waals surface area contributed by atoms with E-state index in [1.165, 1.54) is 24.3 Å². The largest absolute Gasteiger partial charge is 0.508 e. The Morgan fingerprint density at radius 3 is 1.32 bits per heavy atom. The molecule has 2 aromatic carbocycles. The number of ketones is 2. The quantitative estimate of drug-likeness (QED) is 0.534. The van der Waals surface area contributed by atoms with Gasteiger partial charge in [0.1, 0.15) is 23.7 Å². The predicted molar refractivity (Wildman–Crippen MR) is 90.3 cm³/mol. The second-order valence-corrected chi connectivity index (χ2v) is 5.88. The van der Waals surface area contributed by atoms with Gasteiger partial charge in [-0.25, -0.2) is 0 Å². The molecule has 2 aromatic rings. The molecule has 0 heterocycles. The molecular weight excluding hydrogens is 324 g/mol. The van der Waals surface area contributed by atoms with Crippen LogP contribution in [0.1, 0.15) is 17.5 Å². The molecule has 0 aromatic heterocycles. The van der Waals surface area contributed by atoms with Crippen LogP contribution >= 0.6 is 0 Å². The lowest BCUT2D eigenvalue weighted by Crippen LogP contribution is -2.31. The summed E-state index contributed by atoms with van der Waals surface area (Å²) in [7, 11) is 0. The van der Waals surface area contributed by atoms with E-state index in [0.717, 1.165) is 0 Å². The Kier molecular flexibility index (Phi) is 6.27. The number of aromatic hydroxyl groups is 2. The Hall–Kier alpha value is -2.70. The minimum absolute atomic E-state index is 0.0282. The molecule has 6 nitrogen and oxygen atoms in total. The standard InChI is InChI=1S/C19H20O6/c20-14-5-1-12(2-6-14)9-16(22)18(24)11-19(25)17(23)10-13-3-7-15(21)8-4-13/h1-8,16-17,20-23H,9-11H2. The highest BCUT2D eigenvalue weighted by atomic mass is 16.3. The number of hydrogen-bond acceptors (Lipinski definition) is 6. The van der Waals surface area contributed by atoms with Gasteiger partial charge in [0, 0.05) is 12.8 Å². The molecule has 4 N–H and O–H groups in total. The molecule has 2 unspecified atom stereocenters. The Bertz CT molecular complexity index is 657. The number of phenolic OH excluding ortho intramolecular Hbond substituents is 2. The lowest BCUT2D eigenvalue weighted by Gasteiger charge is -2.12. The van der Waals surface area contributed by atoms with Crippen LogP contribution in [0.2, 0.25) is 0 Å². The molecule has 0 spiro atoms. The van der Waals surface area contributed by atoms with Gasteiger partial charge in [-0.05, 0) is 35.4 Å². The first kappa shape index (κ1) is 18.6. The number of benzene rings is 2. The second kappa shape index (κ2) is 8.41. The maximum atomic E-state index is 12.0. The van der Waals surface area contributed by atoms with Crippen molar-refractivity contribution in [3.05, 3.63) is 59.7 Å². The van der Waals surface area contributed by atoms with E-state index in [0.29, 0.717) is 11.1 Å². The zero-order valence-corrected chi connectivity index (χ0v) is 13.5. The van der Waals surface area contributed by atoms with Crippen LogP contribution in [0, 0.1) is 0 Å². The topological polar surface area (TPSA) is 115 Å². The van der Waals surface area contributed by atoms with Gasteiger partial charge < -0.3 is 20.4 Å². The molecule has 0 amide bonds. The Morgan fingerprint density at radius 1 is 0.680 bits per heavy atom. The van der Waals surface area contributed by atoms with Gasteiger partial charge in [0.25, 0.3) is 0 Å². The van der Waals surface area contributed by atoms with Crippen molar-refractivity contribution in [3.8, 4) is 11.5 Å². The fourth-order valence-electron chi connectivity index (χ4n) is 2.35. The smallest absolute Gasteiger partial charge is 0.169 e. The van der Waals surface area contributed by atoms with E-state index < -0.39 is 30.2 Å². The number of carbonyl (C=O) groups is 2. The van der Waals surface area contributed by atoms with Gasteiger partial charge in [0.05, 0.1) is 6.42 Å². The first-order valence-corrected chi connectivity index (χ1v) is 7.82. The molecule has 0 aliphatic heterocycles. The van der Waals surface area contributed by atoms with Crippen molar-refractivity contribution in [2.75, 3.05) is 0 Å². The van der Waals surface area contributed by atoms with E-state index in [2.05, 4.69) is 0 Å². The van der Waals surface area contributed by atoms with Crippen LogP contribution in [0.3, 0.4) is 0 Å². The summed E-state index contributed by atoms with van der Waals surface area (Å²) in [6.45, 7) is 0. The van der Waals surface area contributed by atoms with E-state index in [9.17, 15) is 30.0 Å². The number of rotatable bonds is 8. The summed E-state index contributed by atoms with van der Waals surface area (Å²) in [6, 6.07) is 12.1. The third-order valence-electron chi connectivity index (χ3n) is 3.82. The molecule has 0 saturated heterocycles. The van der Waals surface area contributed by atoms with Crippen molar-refractivity contribution >= 4 is 11.6 Å². The number of aliphatic hydroxyl groups is 2. The first-order valence-electron chi connectivity index (χ1n) is 7.82. The lowest BCUT2D eigenvalue weighted by atomic mass is 9.97. The summed E-state index contributed by atoms with van der Waals surface area (Å²) in [5.74, 6) is -1.17. The summed E-state index contributed by atoms with van der Waals surface area (Å²) in [5.41, 5.74) is 1.30. The summed E-state index contributed by atoms with van der Waals surface area (Å²) in [5, 5.41) is 38.2. The SMILES string of the molecule is O=C(CC(=O)C(O)Cc1ccc(O)cc1)C(O)Cc1ccc(O)cc1. The minimum Gasteiger partial charge on any atom is -0.508 e. The highest BCUT2D eigenvalue weighted by Gasteiger charge is 2.23. The fourth-order valence-corrected chi connectivity index (χ4v) is 2.35. The Morgan fingerprint density at radius 2 is 1.00 bits per heavy atom. The van der Waals surface area contributed by atoms with Crippen molar-refractivity contribution in [2.24, 2.45) is 0 Å². The normalized spacial score (nSPS) is 13.2. The number of aliphatic hydroxyl groups excluding tert-OH is 2. The highest BCUT2D eigenvalue weighted by molar-refractivity contribution is 6.02. The van der Waals surface area contributed by atoms with Crippen LogP contribution in [0.5, 0.6) is 11.5 Å². The van der Waals surface area contributed by atoms with Gasteiger partial charge in [-0.3, -0.25) is 9.59 Å². The van der Waals surface area contributed by atoms with Crippen LogP contribution < -0.4 is 0 Å². The highest BCUT2D eigenvalue weighted by Crippen LogP contribution is 2.14. The zero-order valence-electron chi connectivity index (χ0n) is 13.5. The number of carbonyl (C=O) groups excluding carboxylic acids is 2. The number of hydrogen-bond donors (Lipinski definition) is 4. The summed E-state index contributed by atoms with van der Waals surface area (Å²) < 4.78 is 0. The third-order valence-corrected chi connectivity index (χ3v) is 3.82. The summed E-state index contributed by atoms with van der Waals surface area (Å²) in [6.07, 6.45) is -3.21. The maximum absolute atomic E-state index is 12.0. The molecule has 0 aliphatic rings. The van der Waals surface area contributed by atoms with Crippen LogP contribution in [0.25, 0.3) is 0 Å². The third kappa shape index (κ3) is 5.70. The van der Waals surface area contributed by atoms with Gasteiger partial charge in [-0.15, -0.1) is 0 Å². The van der Waals surface area contributed by atoms with Crippen LogP contribution in [-0.2, 0) is 22.4 Å². The number of Topliss-reactive ketones (excluding diaryl/α,β-unsaturated/α-hetero) is 2. The van der Waals surface area contributed by atoms with Crippen molar-refractivity contribution in [2.45, 2.75) is 31.5 Å². The van der Waals surface area contributed by atoms with Crippen LogP contribution in [0.4, 0.5) is 0 Å². The van der Waals surface area contributed by atoms with Gasteiger partial charge in [-0.2, -0.15) is 0 Å². The van der Waals surface area contributed by atoms with Gasteiger partial charge in [-0.1, -0.05) is 24.3 Å². The zero-order chi connectivity index (χ0) is 18.4. The van der Waals surface area contributed by atoms with Gasteiger partial charge in [0.2, 0.25) is 0 Å². The molecule has 2 atom stereocenters. The average molecular weight is 344 g/mol. The monoisotopic (exact) mass is 344 g/mol. The van der Waals surface area contributed by atoms with Crippen molar-refractivity contribution in [1.29, 1.82) is 0 Å². The van der Waals surface area contributed by atoms with E-state index in [1.807, 2.05) is 0 Å². The van der Waals surface area contributed by atoms with Crippen molar-refractivity contribution in [3.63, 3.8) is 0 Å². The van der Waals surface area contributed by atoms with Crippen LogP contribution in [-0.4, -0.2) is 44.2 Å². The van der Waals surface area contributed by atoms with Crippen molar-refractivity contribution < 1.29 is 30.0 Å². The maximum Gasteiger partial charge on any atom is 0.169 e. The molecule has 6 heteroatoms. The molecule has 0 saturated carbocycles. The Balaban J connectivity index is 1.86. The van der Waals surface area contributed by atoms with Crippen LogP contribution in [0.15, 0.2) is 48.5 Å². The average Bonchev–Trinajstić information content (AvgIpc) is 2.58. The molecule has 132 valence electrons. The first-order chi connectivity index (χ1) is 11.8. The predicted octanol–water partition coefficient (Wildman–Crippen LogP) is 1.13. The second-order valence-electron chi connectivity index (χ2n) is 5.88. The molecule has 0 fully saturated rings. The molecule has 0 radical (unpaired) electrons. The molecule has 25 heavy (non-hydrogen) atoms. The number of phenols is 2. The molecule has 0 bridgehead atoms. The molecule has 2 rings (SSSR count). The minimum atomic E-state index is -1.35. The van der Waals surface area contributed by atoms with E-state index in [4.69, 9.17) is 0 Å². The van der Waals surface area contributed by atoms with E-state index in [-0.39, 0.29) is 24.3 Å². The Labute approximate surface area is 145 Å². The van der Waals surface area contributed by atoms with Gasteiger partial charge in [0.15, 0.2) is 11.6 Å². The van der Waals surface area contributed by atoms with E-state index >= 15 is 0 Å². The summed E-state index contributed by atoms with van der Waals surface area (Å²) >= 11 is 0. The van der Waals surface area contributed by atoms with Gasteiger partial charge >= 0.3 is 0 Å². The molecule has 0 aliphatic carbocycles. The molecular formula is C19H20O6. The lowest BCUT2D eigenvalue weighted by molar-refractivity contribution is -0.136. The fraction of sp³-hybridized carbons (Fsp3) is 0.263.